The van der Waals surface area contributed by atoms with Crippen LogP contribution in [0.2, 0.25) is 0 Å². The monoisotopic (exact) mass is 340 g/mol. The highest BCUT2D eigenvalue weighted by molar-refractivity contribution is 7.21. The molecule has 1 fully saturated rings. The number of thiazole rings is 2. The Bertz CT molecular complexity index is 708. The summed E-state index contributed by atoms with van der Waals surface area (Å²) in [6.07, 6.45) is 0. The fourth-order valence-corrected chi connectivity index (χ4v) is 5.09. The molecule has 0 bridgehead atoms. The molecule has 0 N–H and O–H groups in total. The van der Waals surface area contributed by atoms with Crippen LogP contribution in [-0.2, 0) is 30.5 Å². The molecule has 1 aliphatic carbocycles. The highest BCUT2D eigenvalue weighted by atomic mass is 32.1. The number of hydrogen-bond acceptors (Lipinski definition) is 8. The van der Waals surface area contributed by atoms with Crippen molar-refractivity contribution in [3.05, 3.63) is 21.9 Å². The average molecular weight is 340 g/mol. The van der Waals surface area contributed by atoms with E-state index in [-0.39, 0.29) is 0 Å². The van der Waals surface area contributed by atoms with Crippen molar-refractivity contribution in [2.24, 2.45) is 0 Å². The minimum Gasteiger partial charge on any atom is -0.343 e. The van der Waals surface area contributed by atoms with E-state index in [1.807, 2.05) is 13.8 Å². The number of hydrogen-bond donors (Lipinski definition) is 0. The normalized spacial score (nSPS) is 25.4. The molecule has 1 saturated heterocycles. The molecule has 2 aliphatic rings. The molecule has 0 amide bonds. The Labute approximate surface area is 136 Å². The molecule has 8 heteroatoms. The second kappa shape index (κ2) is 5.05. The van der Waals surface area contributed by atoms with Crippen molar-refractivity contribution in [2.45, 2.75) is 25.4 Å². The maximum atomic E-state index is 6.04. The SMILES string of the molecule is CCOC1(OC)c2ncsc2-c2sc(C)nc2C12OCCO2. The van der Waals surface area contributed by atoms with E-state index in [9.17, 15) is 0 Å². The van der Waals surface area contributed by atoms with Crippen LogP contribution < -0.4 is 0 Å². The van der Waals surface area contributed by atoms with Gasteiger partial charge in [0.15, 0.2) is 0 Å². The maximum Gasteiger partial charge on any atom is 0.276 e. The second-order valence-corrected chi connectivity index (χ2v) is 7.07. The third-order valence-electron chi connectivity index (χ3n) is 3.89. The fraction of sp³-hybridized carbons (Fsp3) is 0.571. The van der Waals surface area contributed by atoms with Crippen molar-refractivity contribution in [1.29, 1.82) is 0 Å². The molecule has 0 aromatic carbocycles. The molecule has 1 aliphatic heterocycles. The van der Waals surface area contributed by atoms with Crippen molar-refractivity contribution < 1.29 is 18.9 Å². The molecule has 4 rings (SSSR count). The summed E-state index contributed by atoms with van der Waals surface area (Å²) in [6.45, 7) is 5.26. The topological polar surface area (TPSA) is 62.7 Å². The summed E-state index contributed by atoms with van der Waals surface area (Å²) in [4.78, 5) is 11.2. The summed E-state index contributed by atoms with van der Waals surface area (Å²) in [5, 5.41) is 0.950. The van der Waals surface area contributed by atoms with Crippen molar-refractivity contribution in [3.8, 4) is 9.75 Å². The predicted molar refractivity (Wildman–Crippen MR) is 81.9 cm³/mol. The Kier molecular flexibility index (Phi) is 3.37. The molecule has 0 radical (unpaired) electrons. The van der Waals surface area contributed by atoms with Crippen LogP contribution in [0.4, 0.5) is 0 Å². The molecule has 22 heavy (non-hydrogen) atoms. The lowest BCUT2D eigenvalue weighted by atomic mass is 9.90. The van der Waals surface area contributed by atoms with Crippen LogP contribution >= 0.6 is 22.7 Å². The summed E-state index contributed by atoms with van der Waals surface area (Å²) in [5.74, 6) is -2.43. The number of ether oxygens (including phenoxy) is 4. The summed E-state index contributed by atoms with van der Waals surface area (Å²) in [6, 6.07) is 0. The molecule has 3 heterocycles. The minimum atomic E-state index is -1.24. The lowest BCUT2D eigenvalue weighted by Crippen LogP contribution is -2.56. The molecule has 6 nitrogen and oxygen atoms in total. The van der Waals surface area contributed by atoms with Gasteiger partial charge >= 0.3 is 0 Å². The lowest BCUT2D eigenvalue weighted by Gasteiger charge is -2.45. The largest absolute Gasteiger partial charge is 0.343 e. The van der Waals surface area contributed by atoms with E-state index in [4.69, 9.17) is 18.9 Å². The summed E-state index contributed by atoms with van der Waals surface area (Å²) < 4.78 is 24.0. The summed E-state index contributed by atoms with van der Waals surface area (Å²) in [7, 11) is 1.59. The van der Waals surface area contributed by atoms with E-state index in [1.165, 1.54) is 0 Å². The third-order valence-corrected chi connectivity index (χ3v) is 5.86. The Hall–Kier alpha value is -0.900. The third kappa shape index (κ3) is 1.62. The quantitative estimate of drug-likeness (QED) is 0.801. The van der Waals surface area contributed by atoms with Gasteiger partial charge in [0.05, 0.1) is 33.5 Å². The van der Waals surface area contributed by atoms with Gasteiger partial charge in [-0.2, -0.15) is 0 Å². The first-order valence-electron chi connectivity index (χ1n) is 7.07. The van der Waals surface area contributed by atoms with Crippen LogP contribution in [0.15, 0.2) is 5.51 Å². The van der Waals surface area contributed by atoms with Gasteiger partial charge in [0.25, 0.3) is 11.6 Å². The van der Waals surface area contributed by atoms with Crippen LogP contribution in [0.25, 0.3) is 9.75 Å². The van der Waals surface area contributed by atoms with Crippen LogP contribution in [0.1, 0.15) is 23.3 Å². The van der Waals surface area contributed by atoms with Gasteiger partial charge in [0.2, 0.25) is 0 Å². The first kappa shape index (κ1) is 14.7. The van der Waals surface area contributed by atoms with Crippen LogP contribution in [-0.4, -0.2) is 36.9 Å². The van der Waals surface area contributed by atoms with E-state index in [0.717, 1.165) is 20.5 Å². The van der Waals surface area contributed by atoms with E-state index in [0.29, 0.717) is 25.5 Å². The van der Waals surface area contributed by atoms with Crippen molar-refractivity contribution in [2.75, 3.05) is 26.9 Å². The van der Waals surface area contributed by atoms with Crippen molar-refractivity contribution in [1.82, 2.24) is 9.97 Å². The average Bonchev–Trinajstić information content (AvgIpc) is 3.22. The van der Waals surface area contributed by atoms with Gasteiger partial charge in [-0.15, -0.1) is 22.7 Å². The van der Waals surface area contributed by atoms with E-state index < -0.39 is 11.6 Å². The van der Waals surface area contributed by atoms with Crippen LogP contribution in [0, 0.1) is 6.92 Å². The van der Waals surface area contributed by atoms with E-state index in [2.05, 4.69) is 9.97 Å². The number of fused-ring (bicyclic) bond motifs is 4. The molecule has 2 aromatic rings. The zero-order valence-corrected chi connectivity index (χ0v) is 14.2. The first-order chi connectivity index (χ1) is 10.7. The van der Waals surface area contributed by atoms with Crippen LogP contribution in [0.3, 0.4) is 0 Å². The van der Waals surface area contributed by atoms with Crippen molar-refractivity contribution >= 4 is 22.7 Å². The predicted octanol–water partition coefficient (Wildman–Crippen LogP) is 2.62. The smallest absolute Gasteiger partial charge is 0.276 e. The van der Waals surface area contributed by atoms with Gasteiger partial charge in [0.1, 0.15) is 11.4 Å². The summed E-state index contributed by atoms with van der Waals surface area (Å²) >= 11 is 3.17. The van der Waals surface area contributed by atoms with E-state index in [1.54, 1.807) is 35.3 Å². The molecule has 118 valence electrons. The van der Waals surface area contributed by atoms with Gasteiger partial charge in [-0.1, -0.05) is 0 Å². The number of rotatable bonds is 3. The van der Waals surface area contributed by atoms with Gasteiger partial charge < -0.3 is 18.9 Å². The van der Waals surface area contributed by atoms with Gasteiger partial charge in [-0.05, 0) is 13.8 Å². The molecule has 2 aromatic heterocycles. The number of aromatic nitrogens is 2. The second-order valence-electron chi connectivity index (χ2n) is 5.01. The van der Waals surface area contributed by atoms with Crippen LogP contribution in [0.5, 0.6) is 0 Å². The first-order valence-corrected chi connectivity index (χ1v) is 8.77. The Morgan fingerprint density at radius 1 is 1.27 bits per heavy atom. The molecule has 1 spiro atoms. The molecule has 0 saturated carbocycles. The number of methoxy groups -OCH3 is 1. The zero-order chi connectivity index (χ0) is 15.4. The Morgan fingerprint density at radius 2 is 2.05 bits per heavy atom. The Morgan fingerprint density at radius 3 is 2.73 bits per heavy atom. The number of aryl methyl sites for hydroxylation is 1. The lowest BCUT2D eigenvalue weighted by molar-refractivity contribution is -0.396. The fourth-order valence-electron chi connectivity index (χ4n) is 3.15. The molecule has 1 atom stereocenters. The van der Waals surface area contributed by atoms with E-state index >= 15 is 0 Å². The number of nitrogens with zero attached hydrogens (tertiary/aromatic N) is 2. The van der Waals surface area contributed by atoms with Gasteiger partial charge in [-0.3, -0.25) is 0 Å². The van der Waals surface area contributed by atoms with Gasteiger partial charge in [0, 0.05) is 13.7 Å². The Balaban J connectivity index is 2.06. The van der Waals surface area contributed by atoms with Crippen molar-refractivity contribution in [3.63, 3.8) is 0 Å². The molecule has 1 unspecified atom stereocenters. The molecular formula is C14H16N2O4S2. The standard InChI is InChI=1S/C14H16N2O4S2/c1-4-18-13(17-3)11-9(21-7-15-11)10-12(16-8(2)22-10)14(13)19-5-6-20-14/h7H,4-6H2,1-3H3. The minimum absolute atomic E-state index is 0.442. The summed E-state index contributed by atoms with van der Waals surface area (Å²) in [5.41, 5.74) is 3.24. The van der Waals surface area contributed by atoms with Gasteiger partial charge in [-0.25, -0.2) is 9.97 Å². The maximum absolute atomic E-state index is 6.04. The highest BCUT2D eigenvalue weighted by Crippen LogP contribution is 2.59. The zero-order valence-electron chi connectivity index (χ0n) is 12.5. The molecular weight excluding hydrogens is 324 g/mol. The highest BCUT2D eigenvalue weighted by Gasteiger charge is 2.67.